The van der Waals surface area contributed by atoms with Gasteiger partial charge in [0.2, 0.25) is 11.8 Å². The number of hydrogen-bond donors (Lipinski definition) is 1. The number of anilines is 1. The van der Waals surface area contributed by atoms with Gasteiger partial charge in [-0.1, -0.05) is 12.1 Å². The van der Waals surface area contributed by atoms with Crippen LogP contribution in [0.5, 0.6) is 5.75 Å². The Kier molecular flexibility index (Phi) is 6.31. The molecule has 2 aromatic rings. The topological polar surface area (TPSA) is 71.5 Å². The third-order valence-corrected chi connectivity index (χ3v) is 3.60. The van der Waals surface area contributed by atoms with E-state index in [4.69, 9.17) is 4.74 Å². The van der Waals surface area contributed by atoms with Crippen LogP contribution in [0.3, 0.4) is 0 Å². The number of para-hydroxylation sites is 2. The van der Waals surface area contributed by atoms with Crippen LogP contribution in [0.25, 0.3) is 0 Å². The maximum Gasteiger partial charge on any atom is 0.233 e. The second-order valence-electron chi connectivity index (χ2n) is 5.35. The van der Waals surface area contributed by atoms with Crippen molar-refractivity contribution in [3.05, 3.63) is 54.4 Å². The number of aromatic nitrogens is 1. The molecule has 1 N–H and O–H groups in total. The number of pyridine rings is 1. The van der Waals surface area contributed by atoms with Gasteiger partial charge in [-0.05, 0) is 36.2 Å². The number of carbonyl (C=O) groups excluding carboxylic acids is 2. The fraction of sp³-hybridized carbons (Fsp3) is 0.278. The van der Waals surface area contributed by atoms with Crippen LogP contribution in [0, 0.1) is 0 Å². The van der Waals surface area contributed by atoms with Crippen LogP contribution in [-0.2, 0) is 16.0 Å². The molecule has 2 rings (SSSR count). The molecule has 0 bridgehead atoms. The van der Waals surface area contributed by atoms with Gasteiger partial charge in [-0.15, -0.1) is 0 Å². The zero-order valence-corrected chi connectivity index (χ0v) is 13.9. The van der Waals surface area contributed by atoms with Gasteiger partial charge in [0.05, 0.1) is 12.8 Å². The summed E-state index contributed by atoms with van der Waals surface area (Å²) in [6.07, 6.45) is 3.96. The number of likely N-dealkylation sites (N-methyl/N-ethyl adjacent to an activating group) is 1. The highest BCUT2D eigenvalue weighted by Gasteiger charge is 2.15. The molecule has 2 amide bonds. The second kappa shape index (κ2) is 8.67. The van der Waals surface area contributed by atoms with Crippen molar-refractivity contribution in [1.82, 2.24) is 9.88 Å². The Morgan fingerprint density at radius 1 is 1.17 bits per heavy atom. The molecule has 0 aliphatic rings. The molecule has 126 valence electrons. The van der Waals surface area contributed by atoms with Crippen LogP contribution in [0.4, 0.5) is 5.69 Å². The molecular weight excluding hydrogens is 306 g/mol. The van der Waals surface area contributed by atoms with E-state index in [9.17, 15) is 9.59 Å². The van der Waals surface area contributed by atoms with Gasteiger partial charge in [0.15, 0.2) is 0 Å². The lowest BCUT2D eigenvalue weighted by molar-refractivity contribution is -0.133. The molecule has 1 heterocycles. The Balaban J connectivity index is 1.83. The van der Waals surface area contributed by atoms with E-state index in [1.165, 1.54) is 7.11 Å². The van der Waals surface area contributed by atoms with E-state index in [2.05, 4.69) is 10.3 Å². The van der Waals surface area contributed by atoms with Crippen molar-refractivity contribution >= 4 is 17.5 Å². The molecular formula is C18H21N3O3. The zero-order valence-electron chi connectivity index (χ0n) is 13.9. The molecule has 6 heteroatoms. The average molecular weight is 327 g/mol. The quantitative estimate of drug-likeness (QED) is 0.791. The molecule has 0 aliphatic heterocycles. The largest absolute Gasteiger partial charge is 0.495 e. The Labute approximate surface area is 141 Å². The van der Waals surface area contributed by atoms with E-state index >= 15 is 0 Å². The van der Waals surface area contributed by atoms with Crippen molar-refractivity contribution in [3.8, 4) is 5.75 Å². The van der Waals surface area contributed by atoms with Crippen molar-refractivity contribution in [2.24, 2.45) is 0 Å². The van der Waals surface area contributed by atoms with Crippen molar-refractivity contribution in [2.75, 3.05) is 26.0 Å². The van der Waals surface area contributed by atoms with Gasteiger partial charge in [0, 0.05) is 26.0 Å². The minimum Gasteiger partial charge on any atom is -0.495 e. The first-order valence-corrected chi connectivity index (χ1v) is 7.66. The number of benzene rings is 1. The lowest BCUT2D eigenvalue weighted by atomic mass is 10.2. The Bertz CT molecular complexity index is 689. The summed E-state index contributed by atoms with van der Waals surface area (Å²) in [5.74, 6) is -0.0268. The third-order valence-electron chi connectivity index (χ3n) is 3.60. The number of methoxy groups -OCH3 is 1. The molecule has 0 saturated heterocycles. The molecule has 0 spiro atoms. The minimum atomic E-state index is -0.361. The number of amides is 2. The van der Waals surface area contributed by atoms with Crippen LogP contribution >= 0.6 is 0 Å². The first kappa shape index (κ1) is 17.5. The van der Waals surface area contributed by atoms with Gasteiger partial charge < -0.3 is 15.0 Å². The van der Waals surface area contributed by atoms with Gasteiger partial charge in [0.1, 0.15) is 12.2 Å². The third kappa shape index (κ3) is 5.08. The van der Waals surface area contributed by atoms with Crippen LogP contribution in [0.1, 0.15) is 12.0 Å². The molecule has 0 radical (unpaired) electrons. The summed E-state index contributed by atoms with van der Waals surface area (Å²) in [4.78, 5) is 29.7. The summed E-state index contributed by atoms with van der Waals surface area (Å²) in [5.41, 5.74) is 1.65. The summed E-state index contributed by atoms with van der Waals surface area (Å²) < 4.78 is 5.17. The van der Waals surface area contributed by atoms with Gasteiger partial charge in [-0.3, -0.25) is 14.6 Å². The summed E-state index contributed by atoms with van der Waals surface area (Å²) >= 11 is 0. The first-order chi connectivity index (χ1) is 11.6. The fourth-order valence-corrected chi connectivity index (χ4v) is 2.19. The lowest BCUT2D eigenvalue weighted by Crippen LogP contribution is -2.32. The number of rotatable bonds is 7. The highest BCUT2D eigenvalue weighted by molar-refractivity contribution is 6.04. The molecule has 1 aromatic heterocycles. The lowest BCUT2D eigenvalue weighted by Gasteiger charge is -2.17. The van der Waals surface area contributed by atoms with Gasteiger partial charge >= 0.3 is 0 Å². The molecule has 24 heavy (non-hydrogen) atoms. The zero-order chi connectivity index (χ0) is 17.4. The highest BCUT2D eigenvalue weighted by atomic mass is 16.5. The van der Waals surface area contributed by atoms with Crippen LogP contribution in [0.2, 0.25) is 0 Å². The standard InChI is InChI=1S/C18H21N3O3/c1-21(12-9-14-7-10-19-11-8-14)18(23)13-17(22)20-15-5-3-4-6-16(15)24-2/h3-8,10-11H,9,12-13H2,1-2H3,(H,20,22). The predicted octanol–water partition coefficient (Wildman–Crippen LogP) is 2.12. The predicted molar refractivity (Wildman–Crippen MR) is 91.8 cm³/mol. The molecule has 0 saturated carbocycles. The Morgan fingerprint density at radius 3 is 2.58 bits per heavy atom. The van der Waals surface area contributed by atoms with Crippen molar-refractivity contribution in [1.29, 1.82) is 0 Å². The van der Waals surface area contributed by atoms with Crippen LogP contribution in [0.15, 0.2) is 48.8 Å². The molecule has 1 aromatic carbocycles. The Morgan fingerprint density at radius 2 is 1.88 bits per heavy atom. The number of nitrogens with one attached hydrogen (secondary N) is 1. The number of hydrogen-bond acceptors (Lipinski definition) is 4. The van der Waals surface area contributed by atoms with Gasteiger partial charge in [-0.2, -0.15) is 0 Å². The van der Waals surface area contributed by atoms with E-state index in [-0.39, 0.29) is 18.2 Å². The van der Waals surface area contributed by atoms with Gasteiger partial charge in [-0.25, -0.2) is 0 Å². The minimum absolute atomic E-state index is 0.203. The smallest absolute Gasteiger partial charge is 0.233 e. The first-order valence-electron chi connectivity index (χ1n) is 7.66. The summed E-state index contributed by atoms with van der Waals surface area (Å²) in [7, 11) is 3.23. The molecule has 0 atom stereocenters. The molecule has 0 fully saturated rings. The van der Waals surface area contributed by atoms with E-state index in [1.54, 1.807) is 42.5 Å². The maximum atomic E-state index is 12.1. The van der Waals surface area contributed by atoms with E-state index in [0.29, 0.717) is 18.0 Å². The normalized spacial score (nSPS) is 10.1. The van der Waals surface area contributed by atoms with Crippen molar-refractivity contribution in [3.63, 3.8) is 0 Å². The summed E-state index contributed by atoms with van der Waals surface area (Å²) in [6.45, 7) is 0.546. The average Bonchev–Trinajstić information content (AvgIpc) is 2.60. The van der Waals surface area contributed by atoms with E-state index in [1.807, 2.05) is 18.2 Å². The number of ether oxygens (including phenoxy) is 1. The highest BCUT2D eigenvalue weighted by Crippen LogP contribution is 2.23. The SMILES string of the molecule is COc1ccccc1NC(=O)CC(=O)N(C)CCc1ccncc1. The number of nitrogens with zero attached hydrogens (tertiary/aromatic N) is 2. The van der Waals surface area contributed by atoms with E-state index < -0.39 is 0 Å². The Hall–Kier alpha value is -2.89. The molecule has 0 aliphatic carbocycles. The molecule has 0 unspecified atom stereocenters. The van der Waals surface area contributed by atoms with Crippen LogP contribution in [-0.4, -0.2) is 42.4 Å². The maximum absolute atomic E-state index is 12.1. The molecule has 6 nitrogen and oxygen atoms in total. The van der Waals surface area contributed by atoms with Crippen LogP contribution < -0.4 is 10.1 Å². The number of carbonyl (C=O) groups is 2. The summed E-state index contributed by atoms with van der Waals surface area (Å²) in [6, 6.07) is 10.9. The fourth-order valence-electron chi connectivity index (χ4n) is 2.19. The van der Waals surface area contributed by atoms with Crippen molar-refractivity contribution in [2.45, 2.75) is 12.8 Å². The van der Waals surface area contributed by atoms with Gasteiger partial charge in [0.25, 0.3) is 0 Å². The van der Waals surface area contributed by atoms with E-state index in [0.717, 1.165) is 12.0 Å². The second-order valence-corrected chi connectivity index (χ2v) is 5.35. The van der Waals surface area contributed by atoms with Crippen molar-refractivity contribution < 1.29 is 14.3 Å². The monoisotopic (exact) mass is 327 g/mol. The summed E-state index contributed by atoms with van der Waals surface area (Å²) in [5, 5.41) is 2.70.